The Morgan fingerprint density at radius 3 is 2.43 bits per heavy atom. The van der Waals surface area contributed by atoms with Crippen LogP contribution in [0, 0.1) is 3.57 Å². The van der Waals surface area contributed by atoms with Crippen LogP contribution in [-0.2, 0) is 6.42 Å². The van der Waals surface area contributed by atoms with Gasteiger partial charge < -0.3 is 5.32 Å². The van der Waals surface area contributed by atoms with Crippen molar-refractivity contribution in [1.82, 2.24) is 0 Å². The Labute approximate surface area is 151 Å². The smallest absolute Gasteiger partial charge is 0.133 e. The van der Waals surface area contributed by atoms with Gasteiger partial charge in [0.2, 0.25) is 0 Å². The van der Waals surface area contributed by atoms with Crippen molar-refractivity contribution in [3.63, 3.8) is 0 Å². The predicted octanol–water partition coefficient (Wildman–Crippen LogP) is 5.41. The Hall–Kier alpha value is -1.36. The van der Waals surface area contributed by atoms with E-state index in [0.29, 0.717) is 0 Å². The first-order chi connectivity index (χ1) is 11.2. The molecule has 0 atom stereocenters. The van der Waals surface area contributed by atoms with Crippen molar-refractivity contribution in [2.75, 3.05) is 5.32 Å². The van der Waals surface area contributed by atoms with Gasteiger partial charge in [0.25, 0.3) is 0 Å². The SMILES string of the molecule is Ic1ccc(NC2=NC3(CCCCC3)Cc3ccccc32)cc1. The average Bonchev–Trinajstić information content (AvgIpc) is 2.57. The topological polar surface area (TPSA) is 24.4 Å². The number of amidine groups is 1. The van der Waals surface area contributed by atoms with Crippen molar-refractivity contribution in [3.8, 4) is 0 Å². The zero-order valence-electron chi connectivity index (χ0n) is 13.2. The fraction of sp³-hybridized carbons (Fsp3) is 0.350. The fourth-order valence-electron chi connectivity index (χ4n) is 3.86. The summed E-state index contributed by atoms with van der Waals surface area (Å²) in [5, 5.41) is 3.58. The second-order valence-electron chi connectivity index (χ2n) is 6.71. The quantitative estimate of drug-likeness (QED) is 0.618. The number of hydrogen-bond donors (Lipinski definition) is 1. The van der Waals surface area contributed by atoms with Crippen LogP contribution in [0.15, 0.2) is 53.5 Å². The highest BCUT2D eigenvalue weighted by atomic mass is 127. The Balaban J connectivity index is 1.72. The number of nitrogens with one attached hydrogen (secondary N) is 1. The maximum absolute atomic E-state index is 5.24. The molecule has 0 bridgehead atoms. The van der Waals surface area contributed by atoms with Gasteiger partial charge in [-0.1, -0.05) is 43.5 Å². The lowest BCUT2D eigenvalue weighted by molar-refractivity contribution is 0.294. The van der Waals surface area contributed by atoms with E-state index in [1.807, 2.05) is 0 Å². The molecule has 0 unspecified atom stereocenters. The van der Waals surface area contributed by atoms with E-state index in [0.717, 1.165) is 17.9 Å². The Morgan fingerprint density at radius 2 is 1.65 bits per heavy atom. The zero-order chi connectivity index (χ0) is 15.7. The lowest BCUT2D eigenvalue weighted by Gasteiger charge is -2.38. The van der Waals surface area contributed by atoms with Crippen LogP contribution in [0.2, 0.25) is 0 Å². The van der Waals surface area contributed by atoms with E-state index >= 15 is 0 Å². The van der Waals surface area contributed by atoms with Crippen LogP contribution in [0.5, 0.6) is 0 Å². The second kappa shape index (κ2) is 6.27. The lowest BCUT2D eigenvalue weighted by Crippen LogP contribution is -2.39. The van der Waals surface area contributed by atoms with Gasteiger partial charge in [0.1, 0.15) is 5.84 Å². The van der Waals surface area contributed by atoms with Crippen molar-refractivity contribution in [1.29, 1.82) is 0 Å². The molecule has 1 aliphatic heterocycles. The molecule has 2 aromatic rings. The molecule has 3 heteroatoms. The second-order valence-corrected chi connectivity index (χ2v) is 7.96. The van der Waals surface area contributed by atoms with Gasteiger partial charge in [-0.2, -0.15) is 0 Å². The third-order valence-electron chi connectivity index (χ3n) is 5.03. The van der Waals surface area contributed by atoms with E-state index in [2.05, 4.69) is 76.4 Å². The van der Waals surface area contributed by atoms with Gasteiger partial charge in [-0.3, -0.25) is 4.99 Å². The monoisotopic (exact) mass is 416 g/mol. The Bertz CT molecular complexity index is 728. The number of hydrogen-bond acceptors (Lipinski definition) is 2. The first-order valence-electron chi connectivity index (χ1n) is 8.45. The third-order valence-corrected chi connectivity index (χ3v) is 5.75. The summed E-state index contributed by atoms with van der Waals surface area (Å²) in [5.41, 5.74) is 3.95. The number of nitrogens with zero attached hydrogens (tertiary/aromatic N) is 1. The summed E-state index contributed by atoms with van der Waals surface area (Å²) in [6.45, 7) is 0. The van der Waals surface area contributed by atoms with Crippen LogP contribution in [0.4, 0.5) is 5.69 Å². The highest BCUT2D eigenvalue weighted by Gasteiger charge is 2.36. The molecule has 0 aromatic heterocycles. The molecule has 0 radical (unpaired) electrons. The van der Waals surface area contributed by atoms with Crippen molar-refractivity contribution < 1.29 is 0 Å². The maximum atomic E-state index is 5.24. The third kappa shape index (κ3) is 3.16. The summed E-state index contributed by atoms with van der Waals surface area (Å²) in [5.74, 6) is 1.05. The van der Waals surface area contributed by atoms with E-state index in [9.17, 15) is 0 Å². The van der Waals surface area contributed by atoms with E-state index < -0.39 is 0 Å². The largest absolute Gasteiger partial charge is 0.340 e. The standard InChI is InChI=1S/C20H21IN2/c21-16-8-10-17(11-9-16)22-19-18-7-3-2-6-15(18)14-20(23-19)12-4-1-5-13-20/h2-3,6-11H,1,4-5,12-14H2,(H,22,23). The van der Waals surface area contributed by atoms with Crippen molar-refractivity contribution in [2.24, 2.45) is 4.99 Å². The Morgan fingerprint density at radius 1 is 0.913 bits per heavy atom. The minimum atomic E-state index is 0.123. The summed E-state index contributed by atoms with van der Waals surface area (Å²) >= 11 is 2.34. The highest BCUT2D eigenvalue weighted by Crippen LogP contribution is 2.38. The minimum absolute atomic E-state index is 0.123. The molecule has 2 aromatic carbocycles. The number of halogens is 1. The normalized spacial score (nSPS) is 19.1. The van der Waals surface area contributed by atoms with Crippen LogP contribution >= 0.6 is 22.6 Å². The lowest BCUT2D eigenvalue weighted by atomic mass is 9.75. The molecule has 1 spiro atoms. The number of anilines is 1. The van der Waals surface area contributed by atoms with Gasteiger partial charge in [0, 0.05) is 14.8 Å². The minimum Gasteiger partial charge on any atom is -0.340 e. The maximum Gasteiger partial charge on any atom is 0.133 e. The molecule has 1 saturated carbocycles. The van der Waals surface area contributed by atoms with Crippen LogP contribution in [0.3, 0.4) is 0 Å². The predicted molar refractivity (Wildman–Crippen MR) is 105 cm³/mol. The molecule has 2 nitrogen and oxygen atoms in total. The van der Waals surface area contributed by atoms with Crippen LogP contribution in [0.1, 0.15) is 43.2 Å². The van der Waals surface area contributed by atoms with Gasteiger partial charge in [0.05, 0.1) is 5.54 Å². The van der Waals surface area contributed by atoms with Crippen LogP contribution in [0.25, 0.3) is 0 Å². The first-order valence-corrected chi connectivity index (χ1v) is 9.53. The average molecular weight is 416 g/mol. The summed E-state index contributed by atoms with van der Waals surface area (Å²) in [4.78, 5) is 5.24. The molecule has 2 aliphatic rings. The molecule has 23 heavy (non-hydrogen) atoms. The van der Waals surface area contributed by atoms with E-state index in [4.69, 9.17) is 4.99 Å². The summed E-state index contributed by atoms with van der Waals surface area (Å²) in [6, 6.07) is 17.3. The number of benzene rings is 2. The summed E-state index contributed by atoms with van der Waals surface area (Å²) in [6.07, 6.45) is 7.52. The zero-order valence-corrected chi connectivity index (χ0v) is 15.3. The summed E-state index contributed by atoms with van der Waals surface area (Å²) < 4.78 is 1.25. The molecular weight excluding hydrogens is 395 g/mol. The molecule has 1 aliphatic carbocycles. The van der Waals surface area contributed by atoms with Crippen molar-refractivity contribution >= 4 is 34.1 Å². The van der Waals surface area contributed by atoms with Gasteiger partial charge in [-0.25, -0.2) is 0 Å². The van der Waals surface area contributed by atoms with Crippen molar-refractivity contribution in [2.45, 2.75) is 44.1 Å². The number of aliphatic imine (C=N–C) groups is 1. The highest BCUT2D eigenvalue weighted by molar-refractivity contribution is 14.1. The molecule has 0 saturated heterocycles. The fourth-order valence-corrected chi connectivity index (χ4v) is 4.22. The molecule has 1 fully saturated rings. The van der Waals surface area contributed by atoms with Crippen LogP contribution in [-0.4, -0.2) is 11.4 Å². The summed E-state index contributed by atoms with van der Waals surface area (Å²) in [7, 11) is 0. The van der Waals surface area contributed by atoms with E-state index in [1.54, 1.807) is 0 Å². The number of fused-ring (bicyclic) bond motifs is 1. The molecule has 1 heterocycles. The van der Waals surface area contributed by atoms with Crippen LogP contribution < -0.4 is 5.32 Å². The van der Waals surface area contributed by atoms with Gasteiger partial charge in [-0.15, -0.1) is 0 Å². The van der Waals surface area contributed by atoms with Gasteiger partial charge >= 0.3 is 0 Å². The molecule has 0 amide bonds. The van der Waals surface area contributed by atoms with E-state index in [1.165, 1.54) is 46.8 Å². The van der Waals surface area contributed by atoms with Crippen molar-refractivity contribution in [3.05, 3.63) is 63.2 Å². The molecule has 1 N–H and O–H groups in total. The van der Waals surface area contributed by atoms with E-state index in [-0.39, 0.29) is 5.54 Å². The molecular formula is C20H21IN2. The first kappa shape index (κ1) is 15.2. The van der Waals surface area contributed by atoms with Gasteiger partial charge in [-0.05, 0) is 71.7 Å². The number of rotatable bonds is 1. The van der Waals surface area contributed by atoms with Gasteiger partial charge in [0.15, 0.2) is 0 Å². The Kier molecular flexibility index (Phi) is 4.14. The molecule has 118 valence electrons. The molecule has 4 rings (SSSR count).